The van der Waals surface area contributed by atoms with E-state index in [1.54, 1.807) is 18.2 Å². The zero-order valence-electron chi connectivity index (χ0n) is 6.11. The van der Waals surface area contributed by atoms with Crippen molar-refractivity contribution in [3.63, 3.8) is 0 Å². The van der Waals surface area contributed by atoms with Crippen LogP contribution in [0.25, 0.3) is 11.1 Å². The summed E-state index contributed by atoms with van der Waals surface area (Å²) in [5.74, 6) is 0. The highest BCUT2D eigenvalue weighted by Crippen LogP contribution is 2.20. The van der Waals surface area contributed by atoms with E-state index in [9.17, 15) is 0 Å². The summed E-state index contributed by atoms with van der Waals surface area (Å²) in [6.45, 7) is 0. The molecule has 0 aliphatic rings. The monoisotopic (exact) mass is 165 g/mol. The summed E-state index contributed by atoms with van der Waals surface area (Å²) in [6, 6.07) is 5.10. The smallest absolute Gasteiger partial charge is 0.292 e. The summed E-state index contributed by atoms with van der Waals surface area (Å²) >= 11 is 0. The standard InChI is InChI=1S/C7H7N3O2/c8-7-9-5-3-4(10-11)1-2-6(5)12-7/h1-3,10-11H,(H2,8,9). The normalized spacial score (nSPS) is 10.4. The molecule has 1 aromatic carbocycles. The van der Waals surface area contributed by atoms with Crippen LogP contribution in [0.3, 0.4) is 0 Å². The summed E-state index contributed by atoms with van der Waals surface area (Å²) in [7, 11) is 0. The van der Waals surface area contributed by atoms with E-state index in [1.165, 1.54) is 0 Å². The lowest BCUT2D eigenvalue weighted by molar-refractivity contribution is 0.389. The Kier molecular flexibility index (Phi) is 1.38. The van der Waals surface area contributed by atoms with Gasteiger partial charge in [0.15, 0.2) is 5.58 Å². The van der Waals surface area contributed by atoms with Crippen molar-refractivity contribution in [1.82, 2.24) is 4.98 Å². The molecule has 0 atom stereocenters. The summed E-state index contributed by atoms with van der Waals surface area (Å²) in [6.07, 6.45) is 0. The van der Waals surface area contributed by atoms with Crippen LogP contribution in [0, 0.1) is 0 Å². The molecular formula is C7H7N3O2. The van der Waals surface area contributed by atoms with E-state index >= 15 is 0 Å². The van der Waals surface area contributed by atoms with Crippen LogP contribution in [-0.2, 0) is 0 Å². The molecule has 2 aromatic rings. The molecule has 0 aliphatic carbocycles. The van der Waals surface area contributed by atoms with E-state index in [2.05, 4.69) is 4.98 Å². The highest BCUT2D eigenvalue weighted by Gasteiger charge is 2.02. The largest absolute Gasteiger partial charge is 0.424 e. The Morgan fingerprint density at radius 3 is 3.08 bits per heavy atom. The summed E-state index contributed by atoms with van der Waals surface area (Å²) in [5.41, 5.74) is 9.10. The Labute approximate surface area is 67.8 Å². The number of aromatic nitrogens is 1. The van der Waals surface area contributed by atoms with Gasteiger partial charge in [0.25, 0.3) is 6.01 Å². The first kappa shape index (κ1) is 6.93. The summed E-state index contributed by atoms with van der Waals surface area (Å²) in [5, 5.41) is 8.56. The number of anilines is 2. The Morgan fingerprint density at radius 1 is 1.50 bits per heavy atom. The second-order valence-electron chi connectivity index (χ2n) is 2.35. The molecule has 0 aliphatic heterocycles. The fourth-order valence-corrected chi connectivity index (χ4v) is 1.01. The average Bonchev–Trinajstić information content (AvgIpc) is 2.43. The lowest BCUT2D eigenvalue weighted by Crippen LogP contribution is -1.87. The molecule has 0 unspecified atom stereocenters. The third-order valence-electron chi connectivity index (χ3n) is 1.53. The van der Waals surface area contributed by atoms with Crippen LogP contribution in [0.4, 0.5) is 11.7 Å². The molecule has 0 radical (unpaired) electrons. The first-order valence-corrected chi connectivity index (χ1v) is 3.36. The van der Waals surface area contributed by atoms with Gasteiger partial charge in [-0.25, -0.2) is 0 Å². The Hall–Kier alpha value is -1.75. The van der Waals surface area contributed by atoms with Gasteiger partial charge >= 0.3 is 0 Å². The fraction of sp³-hybridized carbons (Fsp3) is 0. The molecule has 4 N–H and O–H groups in total. The van der Waals surface area contributed by atoms with Gasteiger partial charge in [0.1, 0.15) is 5.52 Å². The minimum Gasteiger partial charge on any atom is -0.424 e. The highest BCUT2D eigenvalue weighted by molar-refractivity contribution is 5.78. The molecule has 0 amide bonds. The topological polar surface area (TPSA) is 84.3 Å². The van der Waals surface area contributed by atoms with Crippen molar-refractivity contribution in [2.45, 2.75) is 0 Å². The van der Waals surface area contributed by atoms with Crippen LogP contribution in [0.2, 0.25) is 0 Å². The predicted octanol–water partition coefficient (Wildman–Crippen LogP) is 1.21. The van der Waals surface area contributed by atoms with Gasteiger partial charge < -0.3 is 10.2 Å². The number of fused-ring (bicyclic) bond motifs is 1. The lowest BCUT2D eigenvalue weighted by atomic mass is 10.3. The molecule has 0 saturated heterocycles. The van der Waals surface area contributed by atoms with Crippen molar-refractivity contribution in [1.29, 1.82) is 0 Å². The predicted molar refractivity (Wildman–Crippen MR) is 43.8 cm³/mol. The minimum absolute atomic E-state index is 0.125. The second-order valence-corrected chi connectivity index (χ2v) is 2.35. The number of hydrogen-bond acceptors (Lipinski definition) is 5. The molecule has 2 rings (SSSR count). The molecular weight excluding hydrogens is 158 g/mol. The Morgan fingerprint density at radius 2 is 2.33 bits per heavy atom. The SMILES string of the molecule is Nc1nc2cc(NO)ccc2o1. The quantitative estimate of drug-likeness (QED) is 0.553. The molecule has 0 saturated carbocycles. The van der Waals surface area contributed by atoms with Crippen LogP contribution >= 0.6 is 0 Å². The maximum Gasteiger partial charge on any atom is 0.292 e. The number of hydrogen-bond donors (Lipinski definition) is 3. The van der Waals surface area contributed by atoms with Crippen LogP contribution in [0.5, 0.6) is 0 Å². The van der Waals surface area contributed by atoms with Crippen molar-refractivity contribution in [3.8, 4) is 0 Å². The van der Waals surface area contributed by atoms with Gasteiger partial charge in [-0.2, -0.15) is 4.98 Å². The number of nitrogens with one attached hydrogen (secondary N) is 1. The Balaban J connectivity index is 2.66. The molecule has 0 bridgehead atoms. The average molecular weight is 165 g/mol. The maximum atomic E-state index is 8.56. The van der Waals surface area contributed by atoms with Crippen molar-refractivity contribution in [2.75, 3.05) is 11.2 Å². The minimum atomic E-state index is 0.125. The molecule has 62 valence electrons. The van der Waals surface area contributed by atoms with E-state index in [1.807, 2.05) is 5.48 Å². The first-order valence-electron chi connectivity index (χ1n) is 3.36. The van der Waals surface area contributed by atoms with E-state index in [-0.39, 0.29) is 6.01 Å². The van der Waals surface area contributed by atoms with Crippen LogP contribution in [-0.4, -0.2) is 10.2 Å². The number of nitrogen functional groups attached to an aromatic ring is 1. The van der Waals surface area contributed by atoms with Gasteiger partial charge in [-0.05, 0) is 18.2 Å². The van der Waals surface area contributed by atoms with Crippen molar-refractivity contribution < 1.29 is 9.62 Å². The van der Waals surface area contributed by atoms with E-state index in [4.69, 9.17) is 15.4 Å². The van der Waals surface area contributed by atoms with Crippen molar-refractivity contribution in [2.24, 2.45) is 0 Å². The summed E-state index contributed by atoms with van der Waals surface area (Å²) in [4.78, 5) is 3.88. The van der Waals surface area contributed by atoms with Gasteiger partial charge in [0.2, 0.25) is 0 Å². The number of nitrogens with two attached hydrogens (primary N) is 1. The van der Waals surface area contributed by atoms with Gasteiger partial charge in [0.05, 0.1) is 5.69 Å². The van der Waals surface area contributed by atoms with Gasteiger partial charge in [-0.3, -0.25) is 10.7 Å². The molecule has 5 nitrogen and oxygen atoms in total. The zero-order valence-corrected chi connectivity index (χ0v) is 6.11. The summed E-state index contributed by atoms with van der Waals surface area (Å²) < 4.78 is 5.02. The molecule has 12 heavy (non-hydrogen) atoms. The number of oxazole rings is 1. The van der Waals surface area contributed by atoms with Crippen molar-refractivity contribution in [3.05, 3.63) is 18.2 Å². The number of rotatable bonds is 1. The number of benzene rings is 1. The van der Waals surface area contributed by atoms with E-state index in [0.717, 1.165) is 0 Å². The van der Waals surface area contributed by atoms with Crippen LogP contribution in [0.15, 0.2) is 22.6 Å². The second kappa shape index (κ2) is 2.38. The van der Waals surface area contributed by atoms with Crippen LogP contribution in [0.1, 0.15) is 0 Å². The van der Waals surface area contributed by atoms with Gasteiger partial charge in [-0.15, -0.1) is 0 Å². The molecule has 1 aromatic heterocycles. The maximum absolute atomic E-state index is 8.56. The molecule has 0 fully saturated rings. The third kappa shape index (κ3) is 0.960. The Bertz CT molecular complexity index is 410. The molecule has 1 heterocycles. The fourth-order valence-electron chi connectivity index (χ4n) is 1.01. The molecule has 0 spiro atoms. The van der Waals surface area contributed by atoms with E-state index < -0.39 is 0 Å². The van der Waals surface area contributed by atoms with Gasteiger partial charge in [0, 0.05) is 0 Å². The van der Waals surface area contributed by atoms with Gasteiger partial charge in [-0.1, -0.05) is 0 Å². The third-order valence-corrected chi connectivity index (χ3v) is 1.53. The highest BCUT2D eigenvalue weighted by atomic mass is 16.5. The molecule has 5 heteroatoms. The lowest BCUT2D eigenvalue weighted by Gasteiger charge is -1.94. The number of nitrogens with zero attached hydrogens (tertiary/aromatic N) is 1. The first-order chi connectivity index (χ1) is 5.79. The van der Waals surface area contributed by atoms with E-state index in [0.29, 0.717) is 16.8 Å². The van der Waals surface area contributed by atoms with Crippen LogP contribution < -0.4 is 11.2 Å². The van der Waals surface area contributed by atoms with Crippen molar-refractivity contribution >= 4 is 22.8 Å². The zero-order chi connectivity index (χ0) is 8.55.